The average Bonchev–Trinajstić information content (AvgIpc) is 2.47. The number of nitriles is 1. The third-order valence-corrected chi connectivity index (χ3v) is 3.56. The molecule has 0 atom stereocenters. The molecule has 0 saturated heterocycles. The van der Waals surface area contributed by atoms with E-state index in [1.54, 1.807) is 11.8 Å². The molecule has 0 amide bonds. The molecule has 0 aliphatic rings. The van der Waals surface area contributed by atoms with Crippen molar-refractivity contribution in [1.82, 2.24) is 0 Å². The third kappa shape index (κ3) is 3.25. The Morgan fingerprint density at radius 2 is 2.05 bits per heavy atom. The summed E-state index contributed by atoms with van der Waals surface area (Å²) in [6.45, 7) is 2.59. The Kier molecular flexibility index (Phi) is 4.91. The van der Waals surface area contributed by atoms with E-state index in [2.05, 4.69) is 11.4 Å². The molecule has 2 aromatic carbocycles. The predicted molar refractivity (Wildman–Crippen MR) is 83.8 cm³/mol. The first-order valence-electron chi connectivity index (χ1n) is 6.35. The third-order valence-electron chi connectivity index (χ3n) is 2.78. The Balaban J connectivity index is 2.30. The number of benzene rings is 2. The minimum absolute atomic E-state index is 0.634. The lowest BCUT2D eigenvalue weighted by Gasteiger charge is -2.11. The molecule has 0 unspecified atom stereocenters. The largest absolute Gasteiger partial charge is 0.494 e. The average molecular weight is 284 g/mol. The van der Waals surface area contributed by atoms with E-state index in [1.807, 2.05) is 55.6 Å². The van der Waals surface area contributed by atoms with Gasteiger partial charge in [0.05, 0.1) is 17.9 Å². The zero-order valence-electron chi connectivity index (χ0n) is 11.5. The minimum atomic E-state index is 0.634. The lowest BCUT2D eigenvalue weighted by Crippen LogP contribution is -1.96. The molecule has 0 heterocycles. The second kappa shape index (κ2) is 6.88. The molecule has 0 spiro atoms. The van der Waals surface area contributed by atoms with Crippen LogP contribution in [0.25, 0.3) is 0 Å². The molecule has 0 aliphatic heterocycles. The molecular formula is C16H16N2OS. The van der Waals surface area contributed by atoms with Gasteiger partial charge in [0.25, 0.3) is 0 Å². The van der Waals surface area contributed by atoms with Gasteiger partial charge in [-0.15, -0.1) is 11.8 Å². The molecule has 102 valence electrons. The SMILES string of the molecule is CCOc1cccc(Nc2cccc(SC)c2C#N)c1. The van der Waals surface area contributed by atoms with Crippen LogP contribution < -0.4 is 10.1 Å². The van der Waals surface area contributed by atoms with Crippen molar-refractivity contribution in [1.29, 1.82) is 5.26 Å². The molecule has 20 heavy (non-hydrogen) atoms. The summed E-state index contributed by atoms with van der Waals surface area (Å²) in [5.74, 6) is 0.817. The zero-order chi connectivity index (χ0) is 14.4. The molecule has 0 bridgehead atoms. The highest BCUT2D eigenvalue weighted by Crippen LogP contribution is 2.29. The first-order valence-corrected chi connectivity index (χ1v) is 7.58. The summed E-state index contributed by atoms with van der Waals surface area (Å²) in [7, 11) is 0. The van der Waals surface area contributed by atoms with Crippen LogP contribution in [0.3, 0.4) is 0 Å². The van der Waals surface area contributed by atoms with Crippen LogP contribution in [-0.2, 0) is 0 Å². The molecule has 2 aromatic rings. The highest BCUT2D eigenvalue weighted by atomic mass is 32.2. The van der Waals surface area contributed by atoms with Crippen molar-refractivity contribution in [2.24, 2.45) is 0 Å². The number of anilines is 2. The Hall–Kier alpha value is -2.12. The normalized spacial score (nSPS) is 9.85. The van der Waals surface area contributed by atoms with E-state index in [9.17, 15) is 5.26 Å². The zero-order valence-corrected chi connectivity index (χ0v) is 12.3. The summed E-state index contributed by atoms with van der Waals surface area (Å²) in [4.78, 5) is 0.971. The molecule has 0 fully saturated rings. The fraction of sp³-hybridized carbons (Fsp3) is 0.188. The molecule has 0 aliphatic carbocycles. The second-order valence-electron chi connectivity index (χ2n) is 4.08. The van der Waals surface area contributed by atoms with Crippen molar-refractivity contribution in [3.05, 3.63) is 48.0 Å². The van der Waals surface area contributed by atoms with E-state index in [0.29, 0.717) is 12.2 Å². The quantitative estimate of drug-likeness (QED) is 0.825. The summed E-state index contributed by atoms with van der Waals surface area (Å²) in [6, 6.07) is 15.8. The summed E-state index contributed by atoms with van der Waals surface area (Å²) in [5.41, 5.74) is 2.39. The van der Waals surface area contributed by atoms with Crippen molar-refractivity contribution in [3.8, 4) is 11.8 Å². The molecule has 2 rings (SSSR count). The maximum Gasteiger partial charge on any atom is 0.121 e. The van der Waals surface area contributed by atoms with Crippen molar-refractivity contribution in [2.45, 2.75) is 11.8 Å². The number of thioether (sulfide) groups is 1. The summed E-state index contributed by atoms with van der Waals surface area (Å²) < 4.78 is 5.48. The molecule has 4 heteroatoms. The maximum atomic E-state index is 9.32. The molecule has 0 radical (unpaired) electrons. The van der Waals surface area contributed by atoms with Crippen LogP contribution in [0.1, 0.15) is 12.5 Å². The van der Waals surface area contributed by atoms with Gasteiger partial charge >= 0.3 is 0 Å². The van der Waals surface area contributed by atoms with E-state index in [4.69, 9.17) is 4.74 Å². The van der Waals surface area contributed by atoms with Crippen molar-refractivity contribution < 1.29 is 4.74 Å². The number of hydrogen-bond donors (Lipinski definition) is 1. The minimum Gasteiger partial charge on any atom is -0.494 e. The topological polar surface area (TPSA) is 45.0 Å². The predicted octanol–water partition coefficient (Wildman–Crippen LogP) is 4.42. The molecule has 0 saturated carbocycles. The van der Waals surface area contributed by atoms with E-state index < -0.39 is 0 Å². The Morgan fingerprint density at radius 1 is 1.25 bits per heavy atom. The first kappa shape index (κ1) is 14.3. The van der Waals surface area contributed by atoms with Crippen LogP contribution in [0, 0.1) is 11.3 Å². The Bertz CT molecular complexity index is 635. The first-order chi connectivity index (χ1) is 9.78. The van der Waals surface area contributed by atoms with Gasteiger partial charge in [-0.2, -0.15) is 5.26 Å². The highest BCUT2D eigenvalue weighted by molar-refractivity contribution is 7.98. The number of hydrogen-bond acceptors (Lipinski definition) is 4. The van der Waals surface area contributed by atoms with Gasteiger partial charge in [0.1, 0.15) is 11.8 Å². The fourth-order valence-electron chi connectivity index (χ4n) is 1.91. The van der Waals surface area contributed by atoms with Gasteiger partial charge in [-0.25, -0.2) is 0 Å². The van der Waals surface area contributed by atoms with Crippen LogP contribution in [-0.4, -0.2) is 12.9 Å². The van der Waals surface area contributed by atoms with Crippen LogP contribution in [0.2, 0.25) is 0 Å². The van der Waals surface area contributed by atoms with Gasteiger partial charge in [0, 0.05) is 16.6 Å². The Morgan fingerprint density at radius 3 is 2.75 bits per heavy atom. The number of rotatable bonds is 5. The number of ether oxygens (including phenoxy) is 1. The number of nitrogens with one attached hydrogen (secondary N) is 1. The number of nitrogens with zero attached hydrogens (tertiary/aromatic N) is 1. The van der Waals surface area contributed by atoms with Crippen LogP contribution in [0.5, 0.6) is 5.75 Å². The summed E-state index contributed by atoms with van der Waals surface area (Å²) >= 11 is 1.57. The van der Waals surface area contributed by atoms with Gasteiger partial charge in [-0.05, 0) is 37.4 Å². The van der Waals surface area contributed by atoms with Gasteiger partial charge < -0.3 is 10.1 Å². The summed E-state index contributed by atoms with van der Waals surface area (Å²) in [5, 5.41) is 12.6. The van der Waals surface area contributed by atoms with Crippen molar-refractivity contribution in [2.75, 3.05) is 18.2 Å². The molecule has 3 nitrogen and oxygen atoms in total. The van der Waals surface area contributed by atoms with Gasteiger partial charge in [-0.1, -0.05) is 12.1 Å². The van der Waals surface area contributed by atoms with E-state index in [1.165, 1.54) is 0 Å². The molecule has 1 N–H and O–H groups in total. The summed E-state index contributed by atoms with van der Waals surface area (Å²) in [6.07, 6.45) is 1.97. The van der Waals surface area contributed by atoms with E-state index in [0.717, 1.165) is 22.0 Å². The smallest absolute Gasteiger partial charge is 0.121 e. The van der Waals surface area contributed by atoms with Crippen LogP contribution >= 0.6 is 11.8 Å². The fourth-order valence-corrected chi connectivity index (χ4v) is 2.48. The van der Waals surface area contributed by atoms with Gasteiger partial charge in [-0.3, -0.25) is 0 Å². The lowest BCUT2D eigenvalue weighted by molar-refractivity contribution is 0.340. The molecule has 0 aromatic heterocycles. The highest BCUT2D eigenvalue weighted by Gasteiger charge is 2.07. The van der Waals surface area contributed by atoms with Crippen molar-refractivity contribution >= 4 is 23.1 Å². The monoisotopic (exact) mass is 284 g/mol. The van der Waals surface area contributed by atoms with Crippen LogP contribution in [0.4, 0.5) is 11.4 Å². The standard InChI is InChI=1S/C16H16N2OS/c1-3-19-13-7-4-6-12(10-13)18-15-8-5-9-16(20-2)14(15)11-17/h4-10,18H,3H2,1-2H3. The Labute approximate surface area is 123 Å². The van der Waals surface area contributed by atoms with Crippen LogP contribution in [0.15, 0.2) is 47.4 Å². The van der Waals surface area contributed by atoms with E-state index >= 15 is 0 Å². The van der Waals surface area contributed by atoms with Gasteiger partial charge in [0.2, 0.25) is 0 Å². The maximum absolute atomic E-state index is 9.32. The molecular weight excluding hydrogens is 268 g/mol. The second-order valence-corrected chi connectivity index (χ2v) is 4.93. The van der Waals surface area contributed by atoms with E-state index in [-0.39, 0.29) is 0 Å². The van der Waals surface area contributed by atoms with Gasteiger partial charge in [0.15, 0.2) is 0 Å². The van der Waals surface area contributed by atoms with Crippen molar-refractivity contribution in [3.63, 3.8) is 0 Å². The lowest BCUT2D eigenvalue weighted by atomic mass is 10.2.